The average Bonchev–Trinajstić information content (AvgIpc) is 2.66. The summed E-state index contributed by atoms with van der Waals surface area (Å²) < 4.78 is 14.7. The van der Waals surface area contributed by atoms with E-state index in [4.69, 9.17) is 21.1 Å². The zero-order chi connectivity index (χ0) is 19.8. The number of methoxy groups -OCH3 is 2. The molecular weight excluding hydrogens is 374 g/mol. The third-order valence-electron chi connectivity index (χ3n) is 3.53. The van der Waals surface area contributed by atoms with Crippen LogP contribution in [0.15, 0.2) is 42.5 Å². The molecule has 27 heavy (non-hydrogen) atoms. The lowest BCUT2D eigenvalue weighted by Gasteiger charge is -2.10. The van der Waals surface area contributed by atoms with Crippen LogP contribution in [-0.2, 0) is 25.5 Å². The van der Waals surface area contributed by atoms with Gasteiger partial charge in [-0.1, -0.05) is 11.6 Å². The van der Waals surface area contributed by atoms with Crippen LogP contribution in [0.3, 0.4) is 0 Å². The number of esters is 2. The van der Waals surface area contributed by atoms with E-state index in [1.807, 2.05) is 0 Å². The van der Waals surface area contributed by atoms with Crippen LogP contribution in [0.5, 0.6) is 5.75 Å². The van der Waals surface area contributed by atoms with E-state index in [1.54, 1.807) is 30.3 Å². The minimum atomic E-state index is -0.591. The zero-order valence-electron chi connectivity index (χ0n) is 14.8. The average molecular weight is 392 g/mol. The molecule has 0 fully saturated rings. The molecule has 0 saturated carbocycles. The van der Waals surface area contributed by atoms with Crippen molar-refractivity contribution in [3.8, 4) is 5.75 Å². The molecule has 0 aromatic heterocycles. The second-order valence-corrected chi connectivity index (χ2v) is 5.85. The number of benzene rings is 2. The molecule has 142 valence electrons. The molecule has 0 aliphatic carbocycles. The maximum absolute atomic E-state index is 11.9. The lowest BCUT2D eigenvalue weighted by atomic mass is 10.1. The molecule has 0 radical (unpaired) electrons. The minimum Gasteiger partial charge on any atom is -0.496 e. The highest BCUT2D eigenvalue weighted by Crippen LogP contribution is 2.23. The number of rotatable bonds is 7. The Bertz CT molecular complexity index is 835. The van der Waals surface area contributed by atoms with Gasteiger partial charge in [0.25, 0.3) is 5.91 Å². The summed E-state index contributed by atoms with van der Waals surface area (Å²) in [4.78, 5) is 35.2. The summed E-state index contributed by atoms with van der Waals surface area (Å²) in [6, 6.07) is 11.0. The summed E-state index contributed by atoms with van der Waals surface area (Å²) in [6.45, 7) is -0.444. The predicted octanol–water partition coefficient (Wildman–Crippen LogP) is 2.86. The highest BCUT2D eigenvalue weighted by molar-refractivity contribution is 6.30. The number of hydrogen-bond acceptors (Lipinski definition) is 6. The molecule has 0 aliphatic rings. The van der Waals surface area contributed by atoms with E-state index in [9.17, 15) is 14.4 Å². The number of carbonyl (C=O) groups is 3. The molecule has 2 aromatic carbocycles. The Morgan fingerprint density at radius 3 is 2.37 bits per heavy atom. The van der Waals surface area contributed by atoms with Crippen molar-refractivity contribution in [2.24, 2.45) is 0 Å². The van der Waals surface area contributed by atoms with Gasteiger partial charge in [-0.25, -0.2) is 4.79 Å². The fraction of sp³-hybridized carbons (Fsp3) is 0.211. The summed E-state index contributed by atoms with van der Waals surface area (Å²) in [5.74, 6) is -1.07. The smallest absolute Gasteiger partial charge is 0.337 e. The van der Waals surface area contributed by atoms with Crippen molar-refractivity contribution in [2.75, 3.05) is 26.1 Å². The van der Waals surface area contributed by atoms with Crippen LogP contribution in [-0.4, -0.2) is 38.7 Å². The minimum absolute atomic E-state index is 0.0785. The van der Waals surface area contributed by atoms with Crippen molar-refractivity contribution in [3.63, 3.8) is 0 Å². The van der Waals surface area contributed by atoms with Crippen LogP contribution in [0.25, 0.3) is 0 Å². The predicted molar refractivity (Wildman–Crippen MR) is 99.1 cm³/mol. The molecule has 2 rings (SSSR count). The Morgan fingerprint density at radius 2 is 1.74 bits per heavy atom. The number of anilines is 1. The van der Waals surface area contributed by atoms with Crippen molar-refractivity contribution in [3.05, 3.63) is 58.6 Å². The number of carbonyl (C=O) groups excluding carboxylic acids is 3. The molecule has 7 nitrogen and oxygen atoms in total. The second-order valence-electron chi connectivity index (χ2n) is 5.41. The fourth-order valence-corrected chi connectivity index (χ4v) is 2.44. The topological polar surface area (TPSA) is 90.9 Å². The van der Waals surface area contributed by atoms with Crippen molar-refractivity contribution in [1.82, 2.24) is 0 Å². The number of halogens is 1. The van der Waals surface area contributed by atoms with Gasteiger partial charge in [-0.3, -0.25) is 9.59 Å². The van der Waals surface area contributed by atoms with Gasteiger partial charge in [-0.05, 0) is 42.5 Å². The van der Waals surface area contributed by atoms with E-state index in [0.717, 1.165) is 0 Å². The van der Waals surface area contributed by atoms with E-state index >= 15 is 0 Å². The molecule has 0 aliphatic heterocycles. The maximum Gasteiger partial charge on any atom is 0.337 e. The number of hydrogen-bond donors (Lipinski definition) is 1. The summed E-state index contributed by atoms with van der Waals surface area (Å²) in [5.41, 5.74) is 1.38. The van der Waals surface area contributed by atoms with Crippen molar-refractivity contribution < 1.29 is 28.6 Å². The quantitative estimate of drug-likeness (QED) is 0.730. The molecule has 0 spiro atoms. The Kier molecular flexibility index (Phi) is 7.19. The normalized spacial score (nSPS) is 10.0. The van der Waals surface area contributed by atoms with Crippen molar-refractivity contribution in [1.29, 1.82) is 0 Å². The van der Waals surface area contributed by atoms with Gasteiger partial charge >= 0.3 is 11.9 Å². The summed E-state index contributed by atoms with van der Waals surface area (Å²) >= 11 is 5.91. The first-order valence-corrected chi connectivity index (χ1v) is 8.27. The Morgan fingerprint density at radius 1 is 1.04 bits per heavy atom. The van der Waals surface area contributed by atoms with E-state index in [-0.39, 0.29) is 6.42 Å². The first-order valence-electron chi connectivity index (χ1n) is 7.89. The standard InChI is InChI=1S/C19H18ClNO6/c1-25-16-8-5-14(20)9-13(16)10-18(23)27-11-17(22)21-15-6-3-12(4-7-15)19(24)26-2/h3-9H,10-11H2,1-2H3,(H,21,22). The first-order chi connectivity index (χ1) is 12.9. The molecule has 1 amide bonds. The van der Waals surface area contributed by atoms with Gasteiger partial charge in [0, 0.05) is 16.3 Å². The first kappa shape index (κ1) is 20.3. The molecule has 0 atom stereocenters. The summed E-state index contributed by atoms with van der Waals surface area (Å²) in [5, 5.41) is 3.03. The van der Waals surface area contributed by atoms with E-state index in [2.05, 4.69) is 10.1 Å². The highest BCUT2D eigenvalue weighted by atomic mass is 35.5. The fourth-order valence-electron chi connectivity index (χ4n) is 2.24. The molecule has 0 heterocycles. The zero-order valence-corrected chi connectivity index (χ0v) is 15.5. The van der Waals surface area contributed by atoms with E-state index in [0.29, 0.717) is 27.6 Å². The Hall–Kier alpha value is -3.06. The Balaban J connectivity index is 1.85. The molecular formula is C19H18ClNO6. The van der Waals surface area contributed by atoms with Gasteiger partial charge in [0.2, 0.25) is 0 Å². The van der Waals surface area contributed by atoms with E-state index < -0.39 is 24.5 Å². The molecule has 0 bridgehead atoms. The number of nitrogens with one attached hydrogen (secondary N) is 1. The van der Waals surface area contributed by atoms with Crippen molar-refractivity contribution >= 4 is 35.1 Å². The Labute approximate surface area is 161 Å². The third-order valence-corrected chi connectivity index (χ3v) is 3.77. The lowest BCUT2D eigenvalue weighted by molar-refractivity contribution is -0.146. The second kappa shape index (κ2) is 9.59. The monoisotopic (exact) mass is 391 g/mol. The highest BCUT2D eigenvalue weighted by Gasteiger charge is 2.13. The number of ether oxygens (including phenoxy) is 3. The van der Waals surface area contributed by atoms with Gasteiger partial charge < -0.3 is 19.5 Å². The van der Waals surface area contributed by atoms with Gasteiger partial charge in [0.05, 0.1) is 26.2 Å². The van der Waals surface area contributed by atoms with Gasteiger partial charge in [0.1, 0.15) is 5.75 Å². The lowest BCUT2D eigenvalue weighted by Crippen LogP contribution is -2.21. The van der Waals surface area contributed by atoms with Crippen LogP contribution < -0.4 is 10.1 Å². The van der Waals surface area contributed by atoms with Crippen LogP contribution >= 0.6 is 11.6 Å². The van der Waals surface area contributed by atoms with Crippen molar-refractivity contribution in [2.45, 2.75) is 6.42 Å². The van der Waals surface area contributed by atoms with E-state index in [1.165, 1.54) is 26.4 Å². The summed E-state index contributed by atoms with van der Waals surface area (Å²) in [6.07, 6.45) is -0.0785. The molecule has 0 unspecified atom stereocenters. The van der Waals surface area contributed by atoms with Crippen LogP contribution in [0.4, 0.5) is 5.69 Å². The van der Waals surface area contributed by atoms with Gasteiger partial charge in [0.15, 0.2) is 6.61 Å². The van der Waals surface area contributed by atoms with Crippen LogP contribution in [0.1, 0.15) is 15.9 Å². The van der Waals surface area contributed by atoms with Gasteiger partial charge in [-0.2, -0.15) is 0 Å². The molecule has 8 heteroatoms. The molecule has 0 saturated heterocycles. The maximum atomic E-state index is 11.9. The van der Waals surface area contributed by atoms with Gasteiger partial charge in [-0.15, -0.1) is 0 Å². The number of amides is 1. The van der Waals surface area contributed by atoms with Crippen LogP contribution in [0, 0.1) is 0 Å². The van der Waals surface area contributed by atoms with Crippen LogP contribution in [0.2, 0.25) is 5.02 Å². The third kappa shape index (κ3) is 6.00. The molecule has 1 N–H and O–H groups in total. The summed E-state index contributed by atoms with van der Waals surface area (Å²) in [7, 11) is 2.77. The largest absolute Gasteiger partial charge is 0.496 e. The SMILES string of the molecule is COC(=O)c1ccc(NC(=O)COC(=O)Cc2cc(Cl)ccc2OC)cc1. The molecule has 2 aromatic rings.